The minimum Gasteiger partial charge on any atom is -0.480 e. The van der Waals surface area contributed by atoms with E-state index < -0.39 is 5.60 Å². The maximum Gasteiger partial charge on any atom is 0.276 e. The molecule has 2 aliphatic heterocycles. The van der Waals surface area contributed by atoms with Crippen molar-refractivity contribution in [1.82, 2.24) is 0 Å². The lowest BCUT2D eigenvalue weighted by molar-refractivity contribution is -0.143. The van der Waals surface area contributed by atoms with Crippen molar-refractivity contribution < 1.29 is 14.3 Å². The molecule has 0 bridgehead atoms. The number of fused-ring (bicyclic) bond motifs is 2. The van der Waals surface area contributed by atoms with Crippen LogP contribution in [0, 0.1) is 0 Å². The van der Waals surface area contributed by atoms with Gasteiger partial charge >= 0.3 is 0 Å². The zero-order valence-corrected chi connectivity index (χ0v) is 12.4. The summed E-state index contributed by atoms with van der Waals surface area (Å²) >= 11 is 0. The molecule has 2 heterocycles. The Morgan fingerprint density at radius 3 is 2.52 bits per heavy atom. The second kappa shape index (κ2) is 5.09. The molecule has 4 nitrogen and oxygen atoms in total. The Morgan fingerprint density at radius 1 is 1.00 bits per heavy atom. The van der Waals surface area contributed by atoms with Crippen LogP contribution in [0.5, 0.6) is 0 Å². The van der Waals surface area contributed by atoms with Crippen molar-refractivity contribution in [3.63, 3.8) is 0 Å². The lowest BCUT2D eigenvalue weighted by Crippen LogP contribution is -2.43. The number of carbonyl (C=O) groups excluding carboxylic acids is 2. The minimum atomic E-state index is -1.21. The first-order chi connectivity index (χ1) is 11.2. The monoisotopic (exact) mass is 305 g/mol. The van der Waals surface area contributed by atoms with Gasteiger partial charge in [-0.2, -0.15) is 0 Å². The number of benzene rings is 2. The van der Waals surface area contributed by atoms with Crippen LogP contribution < -0.4 is 4.90 Å². The third-order valence-electron chi connectivity index (χ3n) is 4.35. The summed E-state index contributed by atoms with van der Waals surface area (Å²) in [6.45, 7) is 0.458. The van der Waals surface area contributed by atoms with Crippen LogP contribution in [-0.4, -0.2) is 11.7 Å². The summed E-state index contributed by atoms with van der Waals surface area (Å²) in [6.07, 6.45) is 2.76. The summed E-state index contributed by atoms with van der Waals surface area (Å²) in [7, 11) is 0. The van der Waals surface area contributed by atoms with Gasteiger partial charge in [0.15, 0.2) is 5.78 Å². The molecule has 1 spiro atoms. The van der Waals surface area contributed by atoms with Crippen molar-refractivity contribution in [2.24, 2.45) is 0 Å². The standard InChI is InChI=1S/C19H15NO3/c21-15-10-11-23-19(12-15)16-8-4-5-9-17(16)20(18(19)22)13-14-6-2-1-3-7-14/h1-11H,12-13H2/t19-/m1/s1. The van der Waals surface area contributed by atoms with E-state index in [2.05, 4.69) is 0 Å². The number of allylic oxidation sites excluding steroid dienone is 1. The van der Waals surface area contributed by atoms with Crippen molar-refractivity contribution in [3.8, 4) is 0 Å². The van der Waals surface area contributed by atoms with E-state index in [0.717, 1.165) is 16.8 Å². The van der Waals surface area contributed by atoms with Gasteiger partial charge in [-0.25, -0.2) is 0 Å². The number of anilines is 1. The van der Waals surface area contributed by atoms with Crippen LogP contribution >= 0.6 is 0 Å². The summed E-state index contributed by atoms with van der Waals surface area (Å²) in [4.78, 5) is 26.7. The van der Waals surface area contributed by atoms with E-state index in [0.29, 0.717) is 6.54 Å². The lowest BCUT2D eigenvalue weighted by Gasteiger charge is -2.29. The fraction of sp³-hybridized carbons (Fsp3) is 0.158. The second-order valence-electron chi connectivity index (χ2n) is 5.78. The van der Waals surface area contributed by atoms with Gasteiger partial charge in [-0.1, -0.05) is 48.5 Å². The molecule has 0 radical (unpaired) electrons. The van der Waals surface area contributed by atoms with Crippen molar-refractivity contribution >= 4 is 17.4 Å². The summed E-state index contributed by atoms with van der Waals surface area (Å²) in [5.41, 5.74) is 1.39. The largest absolute Gasteiger partial charge is 0.480 e. The van der Waals surface area contributed by atoms with Crippen LogP contribution in [0.4, 0.5) is 5.69 Å². The van der Waals surface area contributed by atoms with Gasteiger partial charge in [0.2, 0.25) is 5.60 Å². The third-order valence-corrected chi connectivity index (χ3v) is 4.35. The number of hydrogen-bond donors (Lipinski definition) is 0. The maximum absolute atomic E-state index is 13.1. The molecule has 0 unspecified atom stereocenters. The number of para-hydroxylation sites is 1. The van der Waals surface area contributed by atoms with Crippen LogP contribution in [0.1, 0.15) is 17.5 Å². The van der Waals surface area contributed by atoms with Crippen LogP contribution in [0.25, 0.3) is 0 Å². The van der Waals surface area contributed by atoms with Gasteiger partial charge in [-0.05, 0) is 11.6 Å². The topological polar surface area (TPSA) is 46.6 Å². The Bertz CT molecular complexity index is 812. The Kier molecular flexibility index (Phi) is 3.05. The number of carbonyl (C=O) groups is 2. The van der Waals surface area contributed by atoms with Crippen molar-refractivity contribution in [2.45, 2.75) is 18.6 Å². The summed E-state index contributed by atoms with van der Waals surface area (Å²) in [6, 6.07) is 17.3. The highest BCUT2D eigenvalue weighted by atomic mass is 16.5. The average molecular weight is 305 g/mol. The van der Waals surface area contributed by atoms with Gasteiger partial charge in [0.1, 0.15) is 0 Å². The van der Waals surface area contributed by atoms with Crippen molar-refractivity contribution in [1.29, 1.82) is 0 Å². The molecule has 0 aliphatic carbocycles. The fourth-order valence-corrected chi connectivity index (χ4v) is 3.27. The molecule has 0 aromatic heterocycles. The first-order valence-corrected chi connectivity index (χ1v) is 7.53. The molecular weight excluding hydrogens is 290 g/mol. The number of ketones is 1. The second-order valence-corrected chi connectivity index (χ2v) is 5.78. The molecule has 4 rings (SSSR count). The molecule has 2 aromatic carbocycles. The molecule has 23 heavy (non-hydrogen) atoms. The number of nitrogens with zero attached hydrogens (tertiary/aromatic N) is 1. The van der Waals surface area contributed by atoms with Gasteiger partial charge < -0.3 is 9.64 Å². The first-order valence-electron chi connectivity index (χ1n) is 7.53. The first kappa shape index (κ1) is 13.8. The van der Waals surface area contributed by atoms with Crippen LogP contribution in [-0.2, 0) is 26.5 Å². The summed E-state index contributed by atoms with van der Waals surface area (Å²) in [5, 5.41) is 0. The quantitative estimate of drug-likeness (QED) is 0.857. The highest BCUT2D eigenvalue weighted by Gasteiger charge is 2.54. The average Bonchev–Trinajstić information content (AvgIpc) is 2.79. The van der Waals surface area contributed by atoms with E-state index in [4.69, 9.17) is 4.74 Å². The molecule has 2 aliphatic rings. The van der Waals surface area contributed by atoms with Gasteiger partial charge in [0.25, 0.3) is 5.91 Å². The van der Waals surface area contributed by atoms with Crippen LogP contribution in [0.2, 0.25) is 0 Å². The zero-order chi connectivity index (χ0) is 15.9. The minimum absolute atomic E-state index is 0.0463. The smallest absolute Gasteiger partial charge is 0.276 e. The number of hydrogen-bond acceptors (Lipinski definition) is 3. The van der Waals surface area contributed by atoms with Crippen molar-refractivity contribution in [3.05, 3.63) is 78.1 Å². The highest BCUT2D eigenvalue weighted by Crippen LogP contribution is 2.46. The molecule has 2 aromatic rings. The Hall–Kier alpha value is -2.88. The van der Waals surface area contributed by atoms with Gasteiger partial charge in [0, 0.05) is 11.6 Å². The number of rotatable bonds is 2. The van der Waals surface area contributed by atoms with E-state index >= 15 is 0 Å². The van der Waals surface area contributed by atoms with Gasteiger partial charge in [0.05, 0.1) is 24.9 Å². The highest BCUT2D eigenvalue weighted by molar-refractivity contribution is 6.10. The predicted molar refractivity (Wildman–Crippen MR) is 85.6 cm³/mol. The normalized spacial score (nSPS) is 22.3. The molecule has 4 heteroatoms. The van der Waals surface area contributed by atoms with Crippen LogP contribution in [0.3, 0.4) is 0 Å². The van der Waals surface area contributed by atoms with E-state index in [-0.39, 0.29) is 18.1 Å². The molecule has 0 saturated carbocycles. The molecule has 114 valence electrons. The number of ether oxygens (including phenoxy) is 1. The zero-order valence-electron chi connectivity index (χ0n) is 12.4. The van der Waals surface area contributed by atoms with E-state index in [9.17, 15) is 9.59 Å². The Labute approximate surface area is 134 Å². The van der Waals surface area contributed by atoms with E-state index in [1.54, 1.807) is 4.90 Å². The molecule has 0 N–H and O–H groups in total. The van der Waals surface area contributed by atoms with Gasteiger partial charge in [-0.15, -0.1) is 0 Å². The van der Waals surface area contributed by atoms with Gasteiger partial charge in [-0.3, -0.25) is 9.59 Å². The Morgan fingerprint density at radius 2 is 1.74 bits per heavy atom. The van der Waals surface area contributed by atoms with E-state index in [1.165, 1.54) is 12.3 Å². The molecule has 0 fully saturated rings. The summed E-state index contributed by atoms with van der Waals surface area (Å²) < 4.78 is 5.71. The SMILES string of the molecule is O=C1C=CO[C@@]2(C1)C(=O)N(Cc1ccccc1)c1ccccc12. The summed E-state index contributed by atoms with van der Waals surface area (Å²) in [5.74, 6) is -0.277. The van der Waals surface area contributed by atoms with Crippen LogP contribution in [0.15, 0.2) is 66.9 Å². The van der Waals surface area contributed by atoms with Crippen molar-refractivity contribution in [2.75, 3.05) is 4.90 Å². The third kappa shape index (κ3) is 2.06. The fourth-order valence-electron chi connectivity index (χ4n) is 3.27. The number of amides is 1. The maximum atomic E-state index is 13.1. The van der Waals surface area contributed by atoms with E-state index in [1.807, 2.05) is 54.6 Å². The molecular formula is C19H15NO3. The molecule has 1 amide bonds. The predicted octanol–water partition coefficient (Wildman–Crippen LogP) is 2.93. The Balaban J connectivity index is 1.79. The molecule has 1 atom stereocenters. The molecule has 0 saturated heterocycles. The lowest BCUT2D eigenvalue weighted by atomic mass is 9.88.